The topological polar surface area (TPSA) is 187 Å². The third-order valence-corrected chi connectivity index (χ3v) is 8.12. The van der Waals surface area contributed by atoms with E-state index in [0.29, 0.717) is 23.1 Å². The summed E-state index contributed by atoms with van der Waals surface area (Å²) < 4.78 is 15.0. The number of nitrogen functional groups attached to an aromatic ring is 1. The van der Waals surface area contributed by atoms with Crippen molar-refractivity contribution in [3.63, 3.8) is 0 Å². The van der Waals surface area contributed by atoms with Crippen molar-refractivity contribution < 1.29 is 29.1 Å². The minimum atomic E-state index is -1.85. The Kier molecular flexibility index (Phi) is 5.83. The van der Waals surface area contributed by atoms with Crippen molar-refractivity contribution in [2.45, 2.75) is 22.4 Å². The van der Waals surface area contributed by atoms with Crippen LogP contribution in [0.3, 0.4) is 0 Å². The number of nitrogens with zero attached hydrogens (tertiary/aromatic N) is 4. The number of carbonyl (C=O) groups excluding carboxylic acids is 2. The third-order valence-electron chi connectivity index (χ3n) is 4.55. The number of carbonyl (C=O) groups is 3. The first-order chi connectivity index (χ1) is 15.3. The van der Waals surface area contributed by atoms with Crippen molar-refractivity contribution in [1.82, 2.24) is 25.4 Å². The van der Waals surface area contributed by atoms with Gasteiger partial charge in [-0.05, 0) is 0 Å². The molecule has 0 aromatic carbocycles. The van der Waals surface area contributed by atoms with Crippen LogP contribution in [-0.4, -0.2) is 59.8 Å². The first-order valence-corrected chi connectivity index (χ1v) is 11.4. The number of aliphatic carboxylic acids is 1. The number of thiazole rings is 1. The van der Waals surface area contributed by atoms with E-state index < -0.39 is 38.9 Å². The zero-order chi connectivity index (χ0) is 23.0. The van der Waals surface area contributed by atoms with Gasteiger partial charge in [-0.15, -0.1) is 11.8 Å². The van der Waals surface area contributed by atoms with Crippen LogP contribution < -0.4 is 11.1 Å². The number of H-pyrrole nitrogens is 1. The van der Waals surface area contributed by atoms with Crippen molar-refractivity contribution >= 4 is 64.0 Å². The molecule has 1 fully saturated rings. The van der Waals surface area contributed by atoms with Crippen molar-refractivity contribution in [2.75, 3.05) is 5.73 Å². The summed E-state index contributed by atoms with van der Waals surface area (Å²) in [5.41, 5.74) is 5.67. The lowest BCUT2D eigenvalue weighted by Gasteiger charge is -2.50. The average molecular weight is 500 g/mol. The lowest BCUT2D eigenvalue weighted by molar-refractivity contribution is -0.146. The second-order valence-electron chi connectivity index (χ2n) is 6.51. The Morgan fingerprint density at radius 2 is 2.34 bits per heavy atom. The number of thioether (sulfide) groups is 2. The van der Waals surface area contributed by atoms with E-state index in [1.165, 1.54) is 6.20 Å². The maximum atomic E-state index is 15.0. The number of oxime groups is 1. The molecule has 32 heavy (non-hydrogen) atoms. The number of β-lactam (4-membered cyclic amide) rings is 1. The SMILES string of the molecule is Nc1nc(C2(NC(=O)/C=N\O)S[C@@H]3CC(=O)N3C(C(=O)O)=C2SCc2cn[nH]c2)c(F)s1. The first kappa shape index (κ1) is 22.1. The summed E-state index contributed by atoms with van der Waals surface area (Å²) >= 11 is 2.45. The van der Waals surface area contributed by atoms with Crippen LogP contribution in [0, 0.1) is 5.13 Å². The number of anilines is 1. The van der Waals surface area contributed by atoms with Crippen LogP contribution in [0.2, 0.25) is 0 Å². The van der Waals surface area contributed by atoms with Gasteiger partial charge in [-0.1, -0.05) is 28.3 Å². The summed E-state index contributed by atoms with van der Waals surface area (Å²) in [6, 6.07) is 0. The zero-order valence-corrected chi connectivity index (χ0v) is 18.3. The van der Waals surface area contributed by atoms with E-state index in [4.69, 9.17) is 10.9 Å². The molecule has 16 heteroatoms. The Morgan fingerprint density at radius 1 is 1.56 bits per heavy atom. The van der Waals surface area contributed by atoms with E-state index in [0.717, 1.165) is 28.4 Å². The van der Waals surface area contributed by atoms with E-state index in [9.17, 15) is 23.9 Å². The highest BCUT2D eigenvalue weighted by Gasteiger charge is 2.58. The fourth-order valence-electron chi connectivity index (χ4n) is 3.27. The van der Waals surface area contributed by atoms with Crippen LogP contribution in [0.25, 0.3) is 0 Å². The summed E-state index contributed by atoms with van der Waals surface area (Å²) in [5.74, 6) is -2.60. The number of halogens is 1. The van der Waals surface area contributed by atoms with E-state index in [2.05, 4.69) is 25.7 Å². The number of nitrogens with two attached hydrogens (primary N) is 1. The number of aromatic amines is 1. The van der Waals surface area contributed by atoms with Crippen molar-refractivity contribution in [3.8, 4) is 0 Å². The van der Waals surface area contributed by atoms with Crippen LogP contribution in [0.1, 0.15) is 17.7 Å². The largest absolute Gasteiger partial charge is 0.477 e. The Morgan fingerprint density at radius 3 is 2.91 bits per heavy atom. The fraction of sp³-hybridized carbons (Fsp3) is 0.250. The Bertz CT molecular complexity index is 1150. The van der Waals surface area contributed by atoms with Crippen LogP contribution in [0.5, 0.6) is 0 Å². The maximum Gasteiger partial charge on any atom is 0.353 e. The van der Waals surface area contributed by atoms with E-state index in [1.54, 1.807) is 6.20 Å². The average Bonchev–Trinajstić information content (AvgIpc) is 3.35. The predicted octanol–water partition coefficient (Wildman–Crippen LogP) is 0.851. The third kappa shape index (κ3) is 3.69. The van der Waals surface area contributed by atoms with Crippen LogP contribution in [0.15, 0.2) is 28.2 Å². The highest BCUT2D eigenvalue weighted by atomic mass is 32.2. The molecule has 4 rings (SSSR count). The summed E-state index contributed by atoms with van der Waals surface area (Å²) in [6.45, 7) is 0. The van der Waals surface area contributed by atoms with Gasteiger partial charge in [0.1, 0.15) is 17.6 Å². The summed E-state index contributed by atoms with van der Waals surface area (Å²) in [4.78, 5) is 40.2. The van der Waals surface area contributed by atoms with E-state index >= 15 is 0 Å². The molecule has 12 nitrogen and oxygen atoms in total. The number of rotatable bonds is 7. The fourth-order valence-corrected chi connectivity index (χ4v) is 6.98. The molecule has 4 heterocycles. The number of fused-ring (bicyclic) bond motifs is 1. The molecule has 2 aliphatic rings. The number of nitrogens with one attached hydrogen (secondary N) is 2. The standard InChI is InChI=1S/C16H14FN7O5S3/c17-13-11(22-15(18)31-13)16(23-7(25)4-21-29)12(30-5-6-2-19-20-3-6)10(14(27)28)24-8(26)1-9(24)32-16/h2-4,9,29H,1,5H2,(H2,18,22)(H,19,20)(H,23,25)(H,27,28)/b21-4-/t9-,16?/m1/s1. The molecule has 6 N–H and O–H groups in total. The van der Waals surface area contributed by atoms with E-state index in [1.807, 2.05) is 0 Å². The molecule has 2 aromatic heterocycles. The summed E-state index contributed by atoms with van der Waals surface area (Å²) in [5, 5.41) is 28.8. The van der Waals surface area contributed by atoms with Gasteiger partial charge in [-0.2, -0.15) is 9.49 Å². The smallest absolute Gasteiger partial charge is 0.353 e. The van der Waals surface area contributed by atoms with Gasteiger partial charge in [-0.25, -0.2) is 9.78 Å². The number of amides is 2. The van der Waals surface area contributed by atoms with Crippen molar-refractivity contribution in [3.05, 3.63) is 39.4 Å². The molecule has 0 saturated carbocycles. The van der Waals surface area contributed by atoms with E-state index in [-0.39, 0.29) is 27.9 Å². The molecule has 0 bridgehead atoms. The monoisotopic (exact) mass is 499 g/mol. The van der Waals surface area contributed by atoms with Crippen molar-refractivity contribution in [1.29, 1.82) is 0 Å². The minimum Gasteiger partial charge on any atom is -0.477 e. The van der Waals surface area contributed by atoms with Gasteiger partial charge in [0, 0.05) is 17.5 Å². The second-order valence-corrected chi connectivity index (χ2v) is 9.87. The first-order valence-electron chi connectivity index (χ1n) is 8.77. The molecule has 2 atom stereocenters. The molecule has 2 aromatic rings. The summed E-state index contributed by atoms with van der Waals surface area (Å²) in [7, 11) is 0. The van der Waals surface area contributed by atoms with Gasteiger partial charge in [0.05, 0.1) is 22.9 Å². The van der Waals surface area contributed by atoms with Crippen LogP contribution in [-0.2, 0) is 25.0 Å². The molecular weight excluding hydrogens is 485 g/mol. The molecule has 168 valence electrons. The number of hydrogen-bond acceptors (Lipinski definition) is 11. The molecule has 2 aliphatic heterocycles. The molecular formula is C16H14FN7O5S3. The molecule has 1 saturated heterocycles. The van der Waals surface area contributed by atoms with Gasteiger partial charge >= 0.3 is 5.97 Å². The van der Waals surface area contributed by atoms with Gasteiger partial charge < -0.3 is 21.4 Å². The van der Waals surface area contributed by atoms with Crippen LogP contribution >= 0.6 is 34.9 Å². The van der Waals surface area contributed by atoms with Gasteiger partial charge in [-0.3, -0.25) is 19.6 Å². The highest BCUT2D eigenvalue weighted by molar-refractivity contribution is 8.06. The Hall–Kier alpha value is -3.11. The Balaban J connectivity index is 1.94. The van der Waals surface area contributed by atoms with Gasteiger partial charge in [0.15, 0.2) is 10.0 Å². The zero-order valence-electron chi connectivity index (χ0n) is 15.8. The van der Waals surface area contributed by atoms with Gasteiger partial charge in [0.2, 0.25) is 11.0 Å². The quantitative estimate of drug-likeness (QED) is 0.158. The number of carboxylic acid groups (broad SMARTS) is 1. The van der Waals surface area contributed by atoms with Crippen molar-refractivity contribution in [2.24, 2.45) is 5.16 Å². The van der Waals surface area contributed by atoms with Crippen LogP contribution in [0.4, 0.5) is 9.52 Å². The lowest BCUT2D eigenvalue weighted by Crippen LogP contribution is -2.60. The molecule has 1 unspecified atom stereocenters. The maximum absolute atomic E-state index is 15.0. The highest BCUT2D eigenvalue weighted by Crippen LogP contribution is 2.58. The predicted molar refractivity (Wildman–Crippen MR) is 114 cm³/mol. The van der Waals surface area contributed by atoms with Gasteiger partial charge in [0.25, 0.3) is 5.91 Å². The summed E-state index contributed by atoms with van der Waals surface area (Å²) in [6.07, 6.45) is 3.63. The molecule has 2 amide bonds. The lowest BCUT2D eigenvalue weighted by atomic mass is 10.1. The number of hydrogen-bond donors (Lipinski definition) is 5. The Labute approximate surface area is 191 Å². The molecule has 0 radical (unpaired) electrons. The number of aromatic nitrogens is 3. The number of carboxylic acids is 1. The minimum absolute atomic E-state index is 0.0198. The normalized spacial score (nSPS) is 22.7. The second kappa shape index (κ2) is 8.44. The molecule has 0 aliphatic carbocycles. The molecule has 0 spiro atoms.